The summed E-state index contributed by atoms with van der Waals surface area (Å²) in [6.45, 7) is 6.00. The first-order valence-corrected chi connectivity index (χ1v) is 19.5. The molecule has 4 aliphatic rings. The van der Waals surface area contributed by atoms with Crippen LogP contribution in [-0.4, -0.2) is 76.7 Å². The quantitative estimate of drug-likeness (QED) is 0.171. The van der Waals surface area contributed by atoms with E-state index >= 15 is 9.59 Å². The molecule has 1 aromatic heterocycles. The van der Waals surface area contributed by atoms with Crippen molar-refractivity contribution in [2.24, 2.45) is 0 Å². The van der Waals surface area contributed by atoms with Crippen LogP contribution in [0.4, 0.5) is 17.1 Å². The van der Waals surface area contributed by atoms with Gasteiger partial charge < -0.3 is 24.6 Å². The Morgan fingerprint density at radius 1 is 0.821 bits per heavy atom. The van der Waals surface area contributed by atoms with Crippen molar-refractivity contribution in [3.63, 3.8) is 0 Å². The zero-order chi connectivity index (χ0) is 36.8. The first-order valence-electron chi connectivity index (χ1n) is 19.1. The second-order valence-electron chi connectivity index (χ2n) is 14.8. The van der Waals surface area contributed by atoms with E-state index in [9.17, 15) is 5.11 Å². The van der Waals surface area contributed by atoms with Gasteiger partial charge in [-0.3, -0.25) is 19.4 Å². The third-order valence-corrected chi connectivity index (χ3v) is 11.8. The number of carbonyl (C=O) groups is 2. The van der Waals surface area contributed by atoms with Crippen molar-refractivity contribution in [1.82, 2.24) is 14.4 Å². The number of anilines is 3. The molecule has 1 saturated heterocycles. The van der Waals surface area contributed by atoms with Crippen molar-refractivity contribution < 1.29 is 19.4 Å². The van der Waals surface area contributed by atoms with Gasteiger partial charge in [0.15, 0.2) is 0 Å². The number of fused-ring (bicyclic) bond motifs is 3. The predicted octanol–water partition coefficient (Wildman–Crippen LogP) is 8.54. The highest BCUT2D eigenvalue weighted by molar-refractivity contribution is 6.31. The predicted molar refractivity (Wildman–Crippen MR) is 227 cm³/mol. The number of aromatic hydroxyl groups is 1. The molecule has 5 aromatic rings. The summed E-state index contributed by atoms with van der Waals surface area (Å²) in [7, 11) is 0. The Morgan fingerprint density at radius 3 is 2.39 bits per heavy atom. The molecule has 5 heterocycles. The number of carbonyl (C=O) groups excluding carboxylic acids is 2. The van der Waals surface area contributed by atoms with Crippen LogP contribution in [0, 0.1) is 0 Å². The molecule has 2 N–H and O–H groups in total. The standard InChI is InChI=1S/C44H44ClN5O4.2ClH/c45-32-8-14-37(43(52)49-27-31-6-2-1-5-29(31)23-35(49)28-47-19-21-54-22-20-47)38(25-32)42-26-39(41-7-3-4-18-48(41)42)44(53)50(33-9-12-36(51)13-10-33)34-11-15-40-30(24-34)16-17-46-40;;/h1-2,5-6,8-15,24-26,35,46,51H,3-4,7,16-23,27-28H2;2*1H/t35-;;/m0../s1. The lowest BCUT2D eigenvalue weighted by molar-refractivity contribution is 0.0193. The maximum atomic E-state index is 15.0. The Bertz CT molecular complexity index is 2240. The number of nitrogens with zero attached hydrogens (tertiary/aromatic N) is 4. The van der Waals surface area contributed by atoms with Crippen LogP contribution in [0.5, 0.6) is 5.75 Å². The van der Waals surface area contributed by atoms with Crippen LogP contribution in [0.3, 0.4) is 0 Å². The van der Waals surface area contributed by atoms with Gasteiger partial charge in [0.25, 0.3) is 11.8 Å². The molecule has 4 aromatic carbocycles. The van der Waals surface area contributed by atoms with Gasteiger partial charge in [0.1, 0.15) is 5.75 Å². The van der Waals surface area contributed by atoms with Gasteiger partial charge in [-0.25, -0.2) is 0 Å². The van der Waals surface area contributed by atoms with Crippen LogP contribution in [0.1, 0.15) is 55.9 Å². The van der Waals surface area contributed by atoms with Crippen LogP contribution in [0.2, 0.25) is 5.02 Å². The number of benzene rings is 4. The second-order valence-corrected chi connectivity index (χ2v) is 15.3. The summed E-state index contributed by atoms with van der Waals surface area (Å²) in [6.07, 6.45) is 4.34. The number of aromatic nitrogens is 1. The van der Waals surface area contributed by atoms with Crippen LogP contribution in [0.25, 0.3) is 11.3 Å². The van der Waals surface area contributed by atoms with E-state index in [-0.39, 0.29) is 48.4 Å². The molecular formula is C44H46Cl3N5O4. The molecule has 2 amide bonds. The smallest absolute Gasteiger partial charge is 0.264 e. The van der Waals surface area contributed by atoms with Crippen molar-refractivity contribution in [3.8, 4) is 17.0 Å². The van der Waals surface area contributed by atoms with Crippen molar-refractivity contribution in [3.05, 3.63) is 130 Å². The first kappa shape index (κ1) is 39.7. The minimum atomic E-state index is -0.156. The fraction of sp³-hybridized carbons (Fsp3) is 0.318. The number of hydrogen-bond acceptors (Lipinski definition) is 6. The van der Waals surface area contributed by atoms with Crippen LogP contribution in [-0.2, 0) is 37.1 Å². The Hall–Kier alpha value is -4.51. The van der Waals surface area contributed by atoms with Gasteiger partial charge in [-0.1, -0.05) is 35.9 Å². The maximum Gasteiger partial charge on any atom is 0.264 e. The van der Waals surface area contributed by atoms with E-state index in [2.05, 4.69) is 39.0 Å². The molecule has 56 heavy (non-hydrogen) atoms. The van der Waals surface area contributed by atoms with E-state index in [0.29, 0.717) is 41.6 Å². The van der Waals surface area contributed by atoms with Gasteiger partial charge in [0.2, 0.25) is 0 Å². The Morgan fingerprint density at radius 2 is 1.59 bits per heavy atom. The molecule has 0 aliphatic carbocycles. The molecule has 0 saturated carbocycles. The number of amides is 2. The summed E-state index contributed by atoms with van der Waals surface area (Å²) < 4.78 is 7.87. The SMILES string of the molecule is Cl.Cl.O=C(c1cc(-c2cc(Cl)ccc2C(=O)N2Cc3ccccc3C[C@H]2CN2CCOCC2)n2c1CCCC2)N(c1ccc(O)cc1)c1ccc2c(c1)CCN2. The molecule has 12 heteroatoms. The van der Waals surface area contributed by atoms with Crippen LogP contribution >= 0.6 is 36.4 Å². The summed E-state index contributed by atoms with van der Waals surface area (Å²) in [4.78, 5) is 36.3. The van der Waals surface area contributed by atoms with Gasteiger partial charge in [-0.15, -0.1) is 24.8 Å². The molecule has 0 spiro atoms. The fourth-order valence-electron chi connectivity index (χ4n) is 8.76. The fourth-order valence-corrected chi connectivity index (χ4v) is 8.93. The number of hydrogen-bond donors (Lipinski definition) is 2. The van der Waals surface area contributed by atoms with Gasteiger partial charge >= 0.3 is 0 Å². The topological polar surface area (TPSA) is 90.3 Å². The minimum absolute atomic E-state index is 0. The van der Waals surface area contributed by atoms with E-state index < -0.39 is 0 Å². The molecule has 292 valence electrons. The number of nitrogens with one attached hydrogen (secondary N) is 1. The maximum absolute atomic E-state index is 15.0. The highest BCUT2D eigenvalue weighted by Crippen LogP contribution is 2.39. The number of halogens is 3. The van der Waals surface area contributed by atoms with Gasteiger partial charge in [0.05, 0.1) is 18.8 Å². The van der Waals surface area contributed by atoms with Crippen molar-refractivity contribution >= 4 is 65.3 Å². The van der Waals surface area contributed by atoms with E-state index in [0.717, 1.165) is 98.7 Å². The largest absolute Gasteiger partial charge is 0.508 e. The monoisotopic (exact) mass is 813 g/mol. The normalized spacial score (nSPS) is 17.4. The number of rotatable bonds is 7. The zero-order valence-electron chi connectivity index (χ0n) is 31.1. The molecule has 9 nitrogen and oxygen atoms in total. The lowest BCUT2D eigenvalue weighted by Crippen LogP contribution is -2.52. The van der Waals surface area contributed by atoms with Gasteiger partial charge in [0, 0.05) is 89.9 Å². The third-order valence-electron chi connectivity index (χ3n) is 11.5. The summed E-state index contributed by atoms with van der Waals surface area (Å²) >= 11 is 6.75. The highest BCUT2D eigenvalue weighted by Gasteiger charge is 2.35. The molecule has 9 rings (SSSR count). The third kappa shape index (κ3) is 7.63. The Kier molecular flexibility index (Phi) is 12.0. The molecule has 1 atom stereocenters. The average Bonchev–Trinajstić information content (AvgIpc) is 3.84. The van der Waals surface area contributed by atoms with E-state index in [4.69, 9.17) is 16.3 Å². The van der Waals surface area contributed by atoms with E-state index in [1.165, 1.54) is 11.1 Å². The second kappa shape index (κ2) is 16.9. The van der Waals surface area contributed by atoms with E-state index in [1.54, 1.807) is 35.2 Å². The van der Waals surface area contributed by atoms with Gasteiger partial charge in [-0.05, 0) is 116 Å². The molecule has 0 bridgehead atoms. The van der Waals surface area contributed by atoms with E-state index in [1.807, 2.05) is 41.3 Å². The number of phenols is 1. The molecule has 1 fully saturated rings. The average molecular weight is 815 g/mol. The Labute approximate surface area is 345 Å². The first-order chi connectivity index (χ1) is 26.4. The lowest BCUT2D eigenvalue weighted by Gasteiger charge is -2.40. The zero-order valence-corrected chi connectivity index (χ0v) is 33.5. The summed E-state index contributed by atoms with van der Waals surface area (Å²) in [6, 6.07) is 28.8. The number of ether oxygens (including phenoxy) is 1. The van der Waals surface area contributed by atoms with Crippen LogP contribution < -0.4 is 10.2 Å². The number of morpholine rings is 1. The van der Waals surface area contributed by atoms with Crippen molar-refractivity contribution in [2.45, 2.75) is 51.2 Å². The van der Waals surface area contributed by atoms with Crippen molar-refractivity contribution in [2.75, 3.05) is 49.6 Å². The molecule has 0 radical (unpaired) electrons. The Balaban J connectivity index is 0.00000240. The minimum Gasteiger partial charge on any atom is -0.508 e. The van der Waals surface area contributed by atoms with Gasteiger partial charge in [-0.2, -0.15) is 0 Å². The summed E-state index contributed by atoms with van der Waals surface area (Å²) in [5, 5.41) is 14.1. The highest BCUT2D eigenvalue weighted by atomic mass is 35.5. The summed E-state index contributed by atoms with van der Waals surface area (Å²) in [5.74, 6) is -0.0573. The van der Waals surface area contributed by atoms with Crippen LogP contribution in [0.15, 0.2) is 91.0 Å². The van der Waals surface area contributed by atoms with Crippen molar-refractivity contribution in [1.29, 1.82) is 0 Å². The number of phenolic OH excluding ortho intramolecular Hbond substituents is 1. The summed E-state index contributed by atoms with van der Waals surface area (Å²) in [5.41, 5.74) is 9.84. The molecular weight excluding hydrogens is 769 g/mol. The molecule has 4 aliphatic heterocycles. The lowest BCUT2D eigenvalue weighted by atomic mass is 9.92. The molecule has 0 unspecified atom stereocenters.